The van der Waals surface area contributed by atoms with E-state index in [1.54, 1.807) is 0 Å². The van der Waals surface area contributed by atoms with Crippen LogP contribution >= 0.6 is 0 Å². The van der Waals surface area contributed by atoms with Crippen LogP contribution < -0.4 is 11.5 Å². The van der Waals surface area contributed by atoms with Crippen LogP contribution in [0.5, 0.6) is 0 Å². The fourth-order valence-electron chi connectivity index (χ4n) is 1.78. The first-order valence-corrected chi connectivity index (χ1v) is 5.81. The Morgan fingerprint density at radius 1 is 0.727 bits per heavy atom. The summed E-state index contributed by atoms with van der Waals surface area (Å²) in [6.45, 7) is 0.777. The molecule has 0 aromatic heterocycles. The second kappa shape index (κ2) is 4.92. The van der Waals surface area contributed by atoms with Gasteiger partial charge in [-0.2, -0.15) is 26.3 Å². The quantitative estimate of drug-likeness (QED) is 0.494. The molecule has 0 radical (unpaired) electrons. The summed E-state index contributed by atoms with van der Waals surface area (Å²) in [5, 5.41) is 19.1. The molecule has 0 bridgehead atoms. The van der Waals surface area contributed by atoms with E-state index in [1.165, 1.54) is 0 Å². The van der Waals surface area contributed by atoms with Crippen molar-refractivity contribution in [1.82, 2.24) is 0 Å². The Morgan fingerprint density at radius 3 is 1.14 bits per heavy atom. The monoisotopic (exact) mass is 332 g/mol. The number of hydrogen-bond donors (Lipinski definition) is 4. The maximum Gasteiger partial charge on any atom is 0.421 e. The van der Waals surface area contributed by atoms with Crippen molar-refractivity contribution in [1.29, 1.82) is 0 Å². The van der Waals surface area contributed by atoms with E-state index in [1.807, 2.05) is 0 Å². The topological polar surface area (TPSA) is 92.5 Å². The van der Waals surface area contributed by atoms with Crippen LogP contribution in [0.25, 0.3) is 0 Å². The van der Waals surface area contributed by atoms with Crippen molar-refractivity contribution in [3.8, 4) is 0 Å². The molecule has 0 amide bonds. The lowest BCUT2D eigenvalue weighted by Crippen LogP contribution is -2.42. The number of nitrogen functional groups attached to an aromatic ring is 2. The highest BCUT2D eigenvalue weighted by Gasteiger charge is 2.54. The molecule has 0 aliphatic rings. The van der Waals surface area contributed by atoms with Crippen molar-refractivity contribution in [2.45, 2.75) is 37.4 Å². The zero-order valence-electron chi connectivity index (χ0n) is 11.5. The van der Waals surface area contributed by atoms with E-state index in [4.69, 9.17) is 11.5 Å². The van der Waals surface area contributed by atoms with E-state index in [0.29, 0.717) is 26.0 Å². The molecule has 10 heteroatoms. The molecule has 2 unspecified atom stereocenters. The standard InChI is InChI=1S/C12H14F6N2O2/c1-9(21,11(13,14)15)5-3-8(20)6(4-7(5)19)10(2,22)12(16,17)18/h3-4,21-22H,19-20H2,1-2H3. The summed E-state index contributed by atoms with van der Waals surface area (Å²) in [6.07, 6.45) is -10.2. The van der Waals surface area contributed by atoms with Crippen molar-refractivity contribution in [2.24, 2.45) is 0 Å². The molecule has 1 aromatic rings. The molecule has 0 saturated heterocycles. The minimum atomic E-state index is -5.12. The zero-order chi connectivity index (χ0) is 17.7. The van der Waals surface area contributed by atoms with Gasteiger partial charge in [0, 0.05) is 22.5 Å². The van der Waals surface area contributed by atoms with E-state index >= 15 is 0 Å². The number of halogens is 6. The van der Waals surface area contributed by atoms with E-state index in [9.17, 15) is 36.6 Å². The smallest absolute Gasteiger partial charge is 0.398 e. The van der Waals surface area contributed by atoms with Gasteiger partial charge in [-0.3, -0.25) is 0 Å². The normalized spacial score (nSPS) is 18.6. The molecule has 22 heavy (non-hydrogen) atoms. The first kappa shape index (κ1) is 18.4. The summed E-state index contributed by atoms with van der Waals surface area (Å²) in [4.78, 5) is 0. The first-order chi connectivity index (χ1) is 9.53. The van der Waals surface area contributed by atoms with Gasteiger partial charge in [0.1, 0.15) is 0 Å². The Balaban J connectivity index is 3.55. The van der Waals surface area contributed by atoms with Crippen LogP contribution in [-0.2, 0) is 11.2 Å². The lowest BCUT2D eigenvalue weighted by molar-refractivity contribution is -0.259. The fraction of sp³-hybridized carbons (Fsp3) is 0.500. The van der Waals surface area contributed by atoms with Crippen LogP contribution in [0.4, 0.5) is 37.7 Å². The van der Waals surface area contributed by atoms with Crippen LogP contribution in [0.2, 0.25) is 0 Å². The highest BCUT2D eigenvalue weighted by molar-refractivity contribution is 5.64. The zero-order valence-corrected chi connectivity index (χ0v) is 11.5. The number of alkyl halides is 6. The van der Waals surface area contributed by atoms with Crippen molar-refractivity contribution in [3.63, 3.8) is 0 Å². The van der Waals surface area contributed by atoms with Gasteiger partial charge in [0.2, 0.25) is 0 Å². The lowest BCUT2D eigenvalue weighted by Gasteiger charge is -2.31. The van der Waals surface area contributed by atoms with E-state index in [-0.39, 0.29) is 0 Å². The molecule has 0 aliphatic heterocycles. The molecule has 0 saturated carbocycles. The molecule has 1 rings (SSSR count). The van der Waals surface area contributed by atoms with Gasteiger partial charge in [-0.25, -0.2) is 0 Å². The van der Waals surface area contributed by atoms with Crippen LogP contribution in [-0.4, -0.2) is 22.6 Å². The Bertz CT molecular complexity index is 526. The van der Waals surface area contributed by atoms with Crippen molar-refractivity contribution in [3.05, 3.63) is 23.3 Å². The summed E-state index contributed by atoms with van der Waals surface area (Å²) in [6, 6.07) is 0.941. The Kier molecular flexibility index (Phi) is 4.10. The number of anilines is 2. The predicted octanol–water partition coefficient (Wildman–Crippen LogP) is 2.39. The molecule has 0 aliphatic carbocycles. The van der Waals surface area contributed by atoms with Gasteiger partial charge >= 0.3 is 12.4 Å². The third-order valence-corrected chi connectivity index (χ3v) is 3.37. The first-order valence-electron chi connectivity index (χ1n) is 5.81. The average Bonchev–Trinajstić information content (AvgIpc) is 2.28. The van der Waals surface area contributed by atoms with E-state index < -0.39 is 46.1 Å². The molecule has 1 aromatic carbocycles. The molecule has 2 atom stereocenters. The van der Waals surface area contributed by atoms with Crippen LogP contribution in [0.15, 0.2) is 12.1 Å². The van der Waals surface area contributed by atoms with E-state index in [2.05, 4.69) is 0 Å². The fourth-order valence-corrected chi connectivity index (χ4v) is 1.78. The molecule has 0 fully saturated rings. The second-order valence-electron chi connectivity index (χ2n) is 5.17. The molecule has 6 N–H and O–H groups in total. The van der Waals surface area contributed by atoms with Crippen molar-refractivity contribution >= 4 is 11.4 Å². The minimum Gasteiger partial charge on any atom is -0.398 e. The van der Waals surface area contributed by atoms with Gasteiger partial charge in [-0.05, 0) is 26.0 Å². The maximum atomic E-state index is 12.8. The van der Waals surface area contributed by atoms with E-state index in [0.717, 1.165) is 0 Å². The minimum absolute atomic E-state index is 0.389. The SMILES string of the molecule is CC(O)(c1cc(N)c(C(C)(O)C(F)(F)F)cc1N)C(F)(F)F. The van der Waals surface area contributed by atoms with Gasteiger partial charge in [0.05, 0.1) is 0 Å². The Morgan fingerprint density at radius 2 is 0.955 bits per heavy atom. The third-order valence-electron chi connectivity index (χ3n) is 3.37. The number of hydrogen-bond acceptors (Lipinski definition) is 4. The number of aliphatic hydroxyl groups is 2. The largest absolute Gasteiger partial charge is 0.421 e. The second-order valence-corrected chi connectivity index (χ2v) is 5.17. The van der Waals surface area contributed by atoms with Gasteiger partial charge in [-0.1, -0.05) is 0 Å². The number of nitrogens with two attached hydrogens (primary N) is 2. The molecule has 0 spiro atoms. The van der Waals surface area contributed by atoms with Crippen molar-refractivity contribution < 1.29 is 36.6 Å². The van der Waals surface area contributed by atoms with Gasteiger partial charge < -0.3 is 21.7 Å². The molecular weight excluding hydrogens is 318 g/mol. The molecule has 126 valence electrons. The highest BCUT2D eigenvalue weighted by atomic mass is 19.4. The third kappa shape index (κ3) is 2.80. The number of rotatable bonds is 2. The van der Waals surface area contributed by atoms with Gasteiger partial charge in [0.25, 0.3) is 0 Å². The number of benzene rings is 1. The van der Waals surface area contributed by atoms with Gasteiger partial charge in [-0.15, -0.1) is 0 Å². The van der Waals surface area contributed by atoms with Crippen LogP contribution in [0.1, 0.15) is 25.0 Å². The van der Waals surface area contributed by atoms with Gasteiger partial charge in [0.15, 0.2) is 11.2 Å². The Labute approximate surface area is 121 Å². The predicted molar refractivity (Wildman–Crippen MR) is 66.5 cm³/mol. The summed E-state index contributed by atoms with van der Waals surface area (Å²) in [7, 11) is 0. The molecular formula is C12H14F6N2O2. The maximum absolute atomic E-state index is 12.8. The van der Waals surface area contributed by atoms with Crippen LogP contribution in [0, 0.1) is 0 Å². The molecule has 0 heterocycles. The van der Waals surface area contributed by atoms with Crippen LogP contribution in [0.3, 0.4) is 0 Å². The summed E-state index contributed by atoms with van der Waals surface area (Å²) in [5.74, 6) is 0. The highest BCUT2D eigenvalue weighted by Crippen LogP contribution is 2.46. The average molecular weight is 332 g/mol. The summed E-state index contributed by atoms with van der Waals surface area (Å²) < 4.78 is 76.7. The summed E-state index contributed by atoms with van der Waals surface area (Å²) in [5.41, 5.74) is 0.450. The molecule has 4 nitrogen and oxygen atoms in total. The van der Waals surface area contributed by atoms with Crippen molar-refractivity contribution in [2.75, 3.05) is 11.5 Å². The summed E-state index contributed by atoms with van der Waals surface area (Å²) >= 11 is 0. The Hall–Kier alpha value is -1.68. The lowest BCUT2D eigenvalue weighted by atomic mass is 9.87.